The molecule has 0 saturated carbocycles. The van der Waals surface area contributed by atoms with Crippen molar-refractivity contribution in [3.8, 4) is 0 Å². The Labute approximate surface area is 119 Å². The molecular weight excluding hydrogens is 269 g/mol. The summed E-state index contributed by atoms with van der Waals surface area (Å²) in [6.45, 7) is 3.53. The lowest BCUT2D eigenvalue weighted by Gasteiger charge is -2.05. The molecule has 19 heavy (non-hydrogen) atoms. The lowest BCUT2D eigenvalue weighted by molar-refractivity contribution is -0.143. The van der Waals surface area contributed by atoms with E-state index >= 15 is 0 Å². The van der Waals surface area contributed by atoms with Crippen molar-refractivity contribution < 1.29 is 13.9 Å². The Kier molecular flexibility index (Phi) is 10.1. The van der Waals surface area contributed by atoms with Crippen LogP contribution < -0.4 is 5.32 Å². The SMILES string of the molecule is CCOC(=O)CCCCNCc1ccccc1F.Cl. The van der Waals surface area contributed by atoms with Gasteiger partial charge in [-0.05, 0) is 32.4 Å². The Balaban J connectivity index is 0.00000324. The smallest absolute Gasteiger partial charge is 0.305 e. The van der Waals surface area contributed by atoms with Gasteiger partial charge in [-0.3, -0.25) is 4.79 Å². The van der Waals surface area contributed by atoms with Crippen LogP contribution in [0.15, 0.2) is 24.3 Å². The minimum absolute atomic E-state index is 0. The molecule has 108 valence electrons. The molecular formula is C14H21ClFNO2. The van der Waals surface area contributed by atoms with E-state index in [0.29, 0.717) is 25.1 Å². The molecule has 0 aliphatic heterocycles. The summed E-state index contributed by atoms with van der Waals surface area (Å²) in [5.41, 5.74) is 0.669. The molecule has 0 fully saturated rings. The molecule has 0 amide bonds. The van der Waals surface area contributed by atoms with Crippen LogP contribution in [0.3, 0.4) is 0 Å². The van der Waals surface area contributed by atoms with Crippen LogP contribution in [0, 0.1) is 5.82 Å². The van der Waals surface area contributed by atoms with Crippen LogP contribution in [-0.2, 0) is 16.1 Å². The number of unbranched alkanes of at least 4 members (excludes halogenated alkanes) is 1. The van der Waals surface area contributed by atoms with E-state index in [2.05, 4.69) is 5.32 Å². The van der Waals surface area contributed by atoms with Crippen LogP contribution in [0.1, 0.15) is 31.7 Å². The summed E-state index contributed by atoms with van der Waals surface area (Å²) in [4.78, 5) is 11.0. The average molecular weight is 290 g/mol. The molecule has 0 spiro atoms. The van der Waals surface area contributed by atoms with E-state index in [1.165, 1.54) is 6.07 Å². The number of ether oxygens (including phenoxy) is 1. The van der Waals surface area contributed by atoms with E-state index in [1.807, 2.05) is 6.07 Å². The fourth-order valence-electron chi connectivity index (χ4n) is 1.62. The van der Waals surface area contributed by atoms with Crippen molar-refractivity contribution in [2.45, 2.75) is 32.7 Å². The largest absolute Gasteiger partial charge is 0.466 e. The third-order valence-electron chi connectivity index (χ3n) is 2.56. The van der Waals surface area contributed by atoms with Gasteiger partial charge in [-0.2, -0.15) is 0 Å². The van der Waals surface area contributed by atoms with E-state index in [1.54, 1.807) is 19.1 Å². The minimum atomic E-state index is -0.184. The lowest BCUT2D eigenvalue weighted by atomic mass is 10.2. The molecule has 1 aromatic rings. The molecule has 0 aromatic heterocycles. The van der Waals surface area contributed by atoms with Gasteiger partial charge in [0, 0.05) is 18.5 Å². The third kappa shape index (κ3) is 7.80. The summed E-state index contributed by atoms with van der Waals surface area (Å²) < 4.78 is 18.1. The number of benzene rings is 1. The van der Waals surface area contributed by atoms with Gasteiger partial charge < -0.3 is 10.1 Å². The van der Waals surface area contributed by atoms with Crippen LogP contribution in [0.2, 0.25) is 0 Å². The van der Waals surface area contributed by atoms with Crippen molar-refractivity contribution in [3.63, 3.8) is 0 Å². The van der Waals surface area contributed by atoms with Gasteiger partial charge >= 0.3 is 5.97 Å². The molecule has 5 heteroatoms. The maximum absolute atomic E-state index is 13.3. The monoisotopic (exact) mass is 289 g/mol. The number of carbonyl (C=O) groups is 1. The first kappa shape index (κ1) is 17.9. The Morgan fingerprint density at radius 2 is 2.05 bits per heavy atom. The highest BCUT2D eigenvalue weighted by molar-refractivity contribution is 5.85. The number of hydrogen-bond donors (Lipinski definition) is 1. The number of halogens is 2. The van der Waals surface area contributed by atoms with E-state index in [9.17, 15) is 9.18 Å². The van der Waals surface area contributed by atoms with Gasteiger partial charge in [0.1, 0.15) is 5.82 Å². The molecule has 1 N–H and O–H groups in total. The zero-order valence-corrected chi connectivity index (χ0v) is 12.0. The van der Waals surface area contributed by atoms with Gasteiger partial charge in [0.05, 0.1) is 6.61 Å². The molecule has 0 heterocycles. The summed E-state index contributed by atoms with van der Waals surface area (Å²) in [5, 5.41) is 3.16. The Morgan fingerprint density at radius 1 is 1.32 bits per heavy atom. The third-order valence-corrected chi connectivity index (χ3v) is 2.56. The zero-order chi connectivity index (χ0) is 13.2. The van der Waals surface area contributed by atoms with E-state index < -0.39 is 0 Å². The molecule has 0 radical (unpaired) electrons. The van der Waals surface area contributed by atoms with Crippen LogP contribution in [0.4, 0.5) is 4.39 Å². The summed E-state index contributed by atoms with van der Waals surface area (Å²) in [7, 11) is 0. The van der Waals surface area contributed by atoms with E-state index in [4.69, 9.17) is 4.74 Å². The van der Waals surface area contributed by atoms with Gasteiger partial charge in [0.15, 0.2) is 0 Å². The van der Waals surface area contributed by atoms with Gasteiger partial charge in [0.25, 0.3) is 0 Å². The molecule has 0 saturated heterocycles. The van der Waals surface area contributed by atoms with Crippen molar-refractivity contribution in [1.29, 1.82) is 0 Å². The summed E-state index contributed by atoms with van der Waals surface area (Å²) in [6.07, 6.45) is 2.13. The molecule has 0 aliphatic carbocycles. The molecule has 0 unspecified atom stereocenters. The fourth-order valence-corrected chi connectivity index (χ4v) is 1.62. The van der Waals surface area contributed by atoms with Crippen molar-refractivity contribution in [2.75, 3.05) is 13.2 Å². The van der Waals surface area contributed by atoms with Gasteiger partial charge in [-0.1, -0.05) is 18.2 Å². The normalized spacial score (nSPS) is 9.79. The Bertz CT molecular complexity index is 374. The summed E-state index contributed by atoms with van der Waals surface area (Å²) >= 11 is 0. The number of nitrogens with one attached hydrogen (secondary N) is 1. The minimum Gasteiger partial charge on any atom is -0.466 e. The first-order valence-corrected chi connectivity index (χ1v) is 6.33. The van der Waals surface area contributed by atoms with Gasteiger partial charge in [0.2, 0.25) is 0 Å². The fraction of sp³-hybridized carbons (Fsp3) is 0.500. The Hall–Kier alpha value is -1.13. The maximum atomic E-state index is 13.3. The van der Waals surface area contributed by atoms with Crippen molar-refractivity contribution in [1.82, 2.24) is 5.32 Å². The van der Waals surface area contributed by atoms with E-state index in [0.717, 1.165) is 19.4 Å². The molecule has 1 aromatic carbocycles. The highest BCUT2D eigenvalue weighted by Crippen LogP contribution is 2.05. The first-order chi connectivity index (χ1) is 8.74. The predicted octanol–water partition coefficient (Wildman–Crippen LogP) is 3.07. The molecule has 0 aliphatic rings. The van der Waals surface area contributed by atoms with Crippen molar-refractivity contribution in [2.24, 2.45) is 0 Å². The Morgan fingerprint density at radius 3 is 2.74 bits per heavy atom. The topological polar surface area (TPSA) is 38.3 Å². The quantitative estimate of drug-likeness (QED) is 0.590. The second kappa shape index (κ2) is 10.8. The highest BCUT2D eigenvalue weighted by atomic mass is 35.5. The number of esters is 1. The van der Waals surface area contributed by atoms with E-state index in [-0.39, 0.29) is 24.2 Å². The van der Waals surface area contributed by atoms with Crippen LogP contribution in [0.5, 0.6) is 0 Å². The molecule has 1 rings (SSSR count). The maximum Gasteiger partial charge on any atom is 0.305 e. The van der Waals surface area contributed by atoms with Crippen LogP contribution >= 0.6 is 12.4 Å². The number of carbonyl (C=O) groups excluding carboxylic acids is 1. The standard InChI is InChI=1S/C14H20FNO2.ClH/c1-2-18-14(17)9-5-6-10-16-11-12-7-3-4-8-13(12)15;/h3-4,7-8,16H,2,5-6,9-11H2,1H3;1H. The predicted molar refractivity (Wildman–Crippen MR) is 75.8 cm³/mol. The van der Waals surface area contributed by atoms with Crippen LogP contribution in [0.25, 0.3) is 0 Å². The summed E-state index contributed by atoms with van der Waals surface area (Å²) in [5.74, 6) is -0.330. The van der Waals surface area contributed by atoms with Crippen molar-refractivity contribution >= 4 is 18.4 Å². The second-order valence-electron chi connectivity index (χ2n) is 4.03. The van der Waals surface area contributed by atoms with Crippen molar-refractivity contribution in [3.05, 3.63) is 35.6 Å². The molecule has 0 bridgehead atoms. The summed E-state index contributed by atoms with van der Waals surface area (Å²) in [6, 6.07) is 6.72. The zero-order valence-electron chi connectivity index (χ0n) is 11.2. The molecule has 3 nitrogen and oxygen atoms in total. The number of hydrogen-bond acceptors (Lipinski definition) is 3. The highest BCUT2D eigenvalue weighted by Gasteiger charge is 2.01. The van der Waals surface area contributed by atoms with Gasteiger partial charge in [-0.25, -0.2) is 4.39 Å². The average Bonchev–Trinajstić information content (AvgIpc) is 2.36. The second-order valence-corrected chi connectivity index (χ2v) is 4.03. The lowest BCUT2D eigenvalue weighted by Crippen LogP contribution is -2.16. The molecule has 0 atom stereocenters. The number of rotatable bonds is 8. The first-order valence-electron chi connectivity index (χ1n) is 6.33. The van der Waals surface area contributed by atoms with Crippen LogP contribution in [-0.4, -0.2) is 19.1 Å². The van der Waals surface area contributed by atoms with Gasteiger partial charge in [-0.15, -0.1) is 12.4 Å².